The molecule has 0 saturated heterocycles. The van der Waals surface area contributed by atoms with Crippen molar-refractivity contribution in [3.63, 3.8) is 0 Å². The number of aromatic nitrogens is 1. The molecule has 1 aliphatic carbocycles. The van der Waals surface area contributed by atoms with Crippen LogP contribution < -0.4 is 4.90 Å². The summed E-state index contributed by atoms with van der Waals surface area (Å²) in [5.74, 6) is -0.272. The number of anilines is 1. The number of hydrogen-bond donors (Lipinski definition) is 0. The molecule has 2 aromatic heterocycles. The van der Waals surface area contributed by atoms with Crippen molar-refractivity contribution in [3.8, 4) is 5.00 Å². The number of nitrogens with zero attached hydrogens (tertiary/aromatic N) is 2. The molecule has 5 rings (SSSR count). The number of carbonyl (C=O) groups is 2. The maximum atomic E-state index is 12.9. The van der Waals surface area contributed by atoms with E-state index in [1.54, 1.807) is 16.2 Å². The quantitative estimate of drug-likeness (QED) is 0.403. The molecule has 1 aromatic carbocycles. The van der Waals surface area contributed by atoms with Gasteiger partial charge in [-0.2, -0.15) is 0 Å². The Morgan fingerprint density at radius 2 is 1.91 bits per heavy atom. The van der Waals surface area contributed by atoms with Crippen LogP contribution in [-0.2, 0) is 22.4 Å². The number of rotatable bonds is 3. The van der Waals surface area contributed by atoms with Gasteiger partial charge in [0.1, 0.15) is 5.00 Å². The minimum Gasteiger partial charge on any atom is -0.465 e. The van der Waals surface area contributed by atoms with E-state index < -0.39 is 0 Å². The van der Waals surface area contributed by atoms with Gasteiger partial charge in [-0.3, -0.25) is 4.79 Å². The average Bonchev–Trinajstić information content (AvgIpc) is 3.39. The van der Waals surface area contributed by atoms with E-state index in [1.807, 2.05) is 51.2 Å². The SMILES string of the molecule is COC(=O)c1c(-n2c(C)cc(/C=C3/C(=O)N(C)c4ccccc43)c2C)sc2c1CCCC2. The third-order valence-corrected chi connectivity index (χ3v) is 7.88. The number of thiophene rings is 1. The number of benzene rings is 1. The fraction of sp³-hybridized carbons (Fsp3) is 0.308. The van der Waals surface area contributed by atoms with Crippen LogP contribution in [0.5, 0.6) is 0 Å². The highest BCUT2D eigenvalue weighted by molar-refractivity contribution is 7.15. The smallest absolute Gasteiger partial charge is 0.341 e. The molecule has 0 bridgehead atoms. The number of methoxy groups -OCH3 is 1. The summed E-state index contributed by atoms with van der Waals surface area (Å²) in [7, 11) is 3.26. The molecule has 1 aliphatic heterocycles. The van der Waals surface area contributed by atoms with Gasteiger partial charge in [-0.05, 0) is 68.9 Å². The highest BCUT2D eigenvalue weighted by Crippen LogP contribution is 2.41. The van der Waals surface area contributed by atoms with Crippen molar-refractivity contribution in [2.24, 2.45) is 0 Å². The Morgan fingerprint density at radius 3 is 2.69 bits per heavy atom. The van der Waals surface area contributed by atoms with Crippen molar-refractivity contribution in [2.75, 3.05) is 19.1 Å². The van der Waals surface area contributed by atoms with Crippen LogP contribution in [0.1, 0.15) is 56.2 Å². The average molecular weight is 447 g/mol. The van der Waals surface area contributed by atoms with Gasteiger partial charge >= 0.3 is 5.97 Å². The molecular formula is C26H26N2O3S. The minimum absolute atomic E-state index is 0.00200. The van der Waals surface area contributed by atoms with E-state index in [0.717, 1.165) is 64.4 Å². The van der Waals surface area contributed by atoms with Gasteiger partial charge in [0.25, 0.3) is 5.91 Å². The number of para-hydroxylation sites is 1. The van der Waals surface area contributed by atoms with Gasteiger partial charge in [0.05, 0.1) is 18.4 Å². The Morgan fingerprint density at radius 1 is 1.16 bits per heavy atom. The zero-order valence-corrected chi connectivity index (χ0v) is 19.6. The maximum Gasteiger partial charge on any atom is 0.341 e. The maximum absolute atomic E-state index is 12.9. The van der Waals surface area contributed by atoms with Crippen molar-refractivity contribution in [3.05, 3.63) is 68.9 Å². The summed E-state index contributed by atoms with van der Waals surface area (Å²) in [6.07, 6.45) is 6.17. The lowest BCUT2D eigenvalue weighted by Crippen LogP contribution is -2.20. The highest BCUT2D eigenvalue weighted by atomic mass is 32.1. The number of aryl methyl sites for hydroxylation is 2. The Labute approximate surface area is 191 Å². The lowest BCUT2D eigenvalue weighted by atomic mass is 9.95. The number of amides is 1. The summed E-state index contributed by atoms with van der Waals surface area (Å²) < 4.78 is 7.32. The van der Waals surface area contributed by atoms with Gasteiger partial charge in [0.15, 0.2) is 0 Å². The van der Waals surface area contributed by atoms with Gasteiger partial charge in [0.2, 0.25) is 0 Å². The summed E-state index contributed by atoms with van der Waals surface area (Å²) >= 11 is 1.70. The number of esters is 1. The summed E-state index contributed by atoms with van der Waals surface area (Å²) in [5, 5.41) is 0.929. The third kappa shape index (κ3) is 3.05. The van der Waals surface area contributed by atoms with Crippen LogP contribution in [-0.4, -0.2) is 30.6 Å². The Balaban J connectivity index is 1.66. The molecule has 6 heteroatoms. The predicted octanol–water partition coefficient (Wildman–Crippen LogP) is 5.34. The van der Waals surface area contributed by atoms with E-state index in [1.165, 1.54) is 12.0 Å². The first-order valence-electron chi connectivity index (χ1n) is 10.9. The summed E-state index contributed by atoms with van der Waals surface area (Å²) in [6, 6.07) is 9.96. The van der Waals surface area contributed by atoms with Crippen LogP contribution in [0, 0.1) is 13.8 Å². The second kappa shape index (κ2) is 7.78. The molecule has 0 radical (unpaired) electrons. The minimum atomic E-state index is -0.270. The first-order chi connectivity index (χ1) is 15.4. The van der Waals surface area contributed by atoms with Crippen LogP contribution in [0.15, 0.2) is 30.3 Å². The fourth-order valence-electron chi connectivity index (χ4n) is 4.96. The van der Waals surface area contributed by atoms with Crippen LogP contribution in [0.3, 0.4) is 0 Å². The van der Waals surface area contributed by atoms with Crippen molar-refractivity contribution >= 4 is 40.5 Å². The number of hydrogen-bond acceptors (Lipinski definition) is 4. The molecule has 164 valence electrons. The van der Waals surface area contributed by atoms with Gasteiger partial charge in [-0.1, -0.05) is 18.2 Å². The monoisotopic (exact) mass is 446 g/mol. The van der Waals surface area contributed by atoms with Crippen LogP contribution in [0.4, 0.5) is 5.69 Å². The molecule has 3 heterocycles. The van der Waals surface area contributed by atoms with E-state index in [9.17, 15) is 9.59 Å². The first kappa shape index (κ1) is 20.8. The second-order valence-corrected chi connectivity index (χ2v) is 9.57. The zero-order chi connectivity index (χ0) is 22.6. The van der Waals surface area contributed by atoms with Crippen molar-refractivity contribution in [2.45, 2.75) is 39.5 Å². The molecule has 0 saturated carbocycles. The molecule has 0 atom stereocenters. The molecular weight excluding hydrogens is 420 g/mol. The normalized spacial score (nSPS) is 16.4. The predicted molar refractivity (Wildman–Crippen MR) is 129 cm³/mol. The first-order valence-corrected chi connectivity index (χ1v) is 11.7. The second-order valence-electron chi connectivity index (χ2n) is 8.48. The zero-order valence-electron chi connectivity index (χ0n) is 18.8. The molecule has 0 spiro atoms. The molecule has 5 nitrogen and oxygen atoms in total. The lowest BCUT2D eigenvalue weighted by Gasteiger charge is -2.12. The molecule has 0 fully saturated rings. The standard InChI is InChI=1S/C26H26N2O3S/c1-15-13-17(14-20-18-9-5-7-11-21(18)27(3)24(20)29)16(2)28(15)25-23(26(30)31-4)19-10-6-8-12-22(19)32-25/h5,7,9,11,13-14H,6,8,10,12H2,1-4H3/b20-14+. The number of carbonyl (C=O) groups excluding carboxylic acids is 2. The topological polar surface area (TPSA) is 51.5 Å². The molecule has 32 heavy (non-hydrogen) atoms. The summed E-state index contributed by atoms with van der Waals surface area (Å²) in [5.41, 5.74) is 7.46. The molecule has 0 unspecified atom stereocenters. The summed E-state index contributed by atoms with van der Waals surface area (Å²) in [6.45, 7) is 4.10. The van der Waals surface area contributed by atoms with Crippen molar-refractivity contribution < 1.29 is 14.3 Å². The number of likely N-dealkylation sites (N-methyl/N-ethyl adjacent to an activating group) is 1. The summed E-state index contributed by atoms with van der Waals surface area (Å²) in [4.78, 5) is 28.7. The molecule has 2 aliphatic rings. The van der Waals surface area contributed by atoms with E-state index in [-0.39, 0.29) is 11.9 Å². The van der Waals surface area contributed by atoms with Gasteiger partial charge < -0.3 is 14.2 Å². The van der Waals surface area contributed by atoms with E-state index in [2.05, 4.69) is 10.6 Å². The largest absolute Gasteiger partial charge is 0.465 e. The van der Waals surface area contributed by atoms with Crippen molar-refractivity contribution in [1.29, 1.82) is 0 Å². The molecule has 1 amide bonds. The Bertz CT molecular complexity index is 1290. The number of fused-ring (bicyclic) bond motifs is 2. The number of ether oxygens (including phenoxy) is 1. The Kier molecular flexibility index (Phi) is 5.05. The molecule has 0 N–H and O–H groups in total. The third-order valence-electron chi connectivity index (χ3n) is 6.61. The van der Waals surface area contributed by atoms with E-state index in [4.69, 9.17) is 4.74 Å². The molecule has 3 aromatic rings. The van der Waals surface area contributed by atoms with Gasteiger partial charge in [0, 0.05) is 34.4 Å². The van der Waals surface area contributed by atoms with Crippen LogP contribution >= 0.6 is 11.3 Å². The van der Waals surface area contributed by atoms with Gasteiger partial charge in [-0.25, -0.2) is 4.79 Å². The van der Waals surface area contributed by atoms with Crippen molar-refractivity contribution in [1.82, 2.24) is 4.57 Å². The Hall–Kier alpha value is -3.12. The van der Waals surface area contributed by atoms with Crippen LogP contribution in [0.2, 0.25) is 0 Å². The highest BCUT2D eigenvalue weighted by Gasteiger charge is 2.31. The van der Waals surface area contributed by atoms with Crippen LogP contribution in [0.25, 0.3) is 16.7 Å². The van der Waals surface area contributed by atoms with Gasteiger partial charge in [-0.15, -0.1) is 11.3 Å². The fourth-order valence-corrected chi connectivity index (χ4v) is 6.45. The lowest BCUT2D eigenvalue weighted by molar-refractivity contribution is -0.112. The van der Waals surface area contributed by atoms with E-state index >= 15 is 0 Å². The van der Waals surface area contributed by atoms with E-state index in [0.29, 0.717) is 11.1 Å².